The summed E-state index contributed by atoms with van der Waals surface area (Å²) in [4.78, 5) is 13.2. The molecule has 0 heterocycles. The summed E-state index contributed by atoms with van der Waals surface area (Å²) in [7, 11) is -1.06. The van der Waals surface area contributed by atoms with Crippen LogP contribution in [-0.2, 0) is 10.8 Å². The van der Waals surface area contributed by atoms with Crippen LogP contribution in [-0.4, -0.2) is 27.1 Å². The summed E-state index contributed by atoms with van der Waals surface area (Å²) >= 11 is 0. The highest BCUT2D eigenvalue weighted by molar-refractivity contribution is 7.85. The minimum atomic E-state index is -1.06. The Hall–Kier alpha value is -1.98. The SMILES string of the molecule is CC(C)S(=O)c1ccc(C(=O)NC(CCO)c2ccccc2)cc1. The standard InChI is InChI=1S/C19H23NO3S/c1-14(2)24(23)17-10-8-16(9-11-17)19(22)20-18(12-13-21)15-6-4-3-5-7-15/h3-11,14,18,21H,12-13H2,1-2H3,(H,20,22). The van der Waals surface area contributed by atoms with E-state index in [-0.39, 0.29) is 23.8 Å². The van der Waals surface area contributed by atoms with Crippen molar-refractivity contribution in [2.75, 3.05) is 6.61 Å². The van der Waals surface area contributed by atoms with E-state index >= 15 is 0 Å². The number of carbonyl (C=O) groups is 1. The predicted molar refractivity (Wildman–Crippen MR) is 96.3 cm³/mol. The van der Waals surface area contributed by atoms with Crippen molar-refractivity contribution in [3.63, 3.8) is 0 Å². The number of benzene rings is 2. The van der Waals surface area contributed by atoms with Gasteiger partial charge in [-0.15, -0.1) is 0 Å². The lowest BCUT2D eigenvalue weighted by Crippen LogP contribution is -2.29. The molecule has 2 N–H and O–H groups in total. The average Bonchev–Trinajstić information content (AvgIpc) is 2.61. The van der Waals surface area contributed by atoms with Crippen LogP contribution in [0.3, 0.4) is 0 Å². The number of hydrogen-bond donors (Lipinski definition) is 2. The maximum absolute atomic E-state index is 12.4. The zero-order valence-corrected chi connectivity index (χ0v) is 14.8. The van der Waals surface area contributed by atoms with Crippen LogP contribution in [0.25, 0.3) is 0 Å². The second-order valence-corrected chi connectivity index (χ2v) is 7.83. The molecule has 2 rings (SSSR count). The fraction of sp³-hybridized carbons (Fsp3) is 0.316. The van der Waals surface area contributed by atoms with Crippen molar-refractivity contribution >= 4 is 16.7 Å². The van der Waals surface area contributed by atoms with Crippen LogP contribution in [0.1, 0.15) is 42.2 Å². The van der Waals surface area contributed by atoms with Gasteiger partial charge < -0.3 is 10.4 Å². The van der Waals surface area contributed by atoms with Crippen LogP contribution in [0.2, 0.25) is 0 Å². The first kappa shape index (κ1) is 18.4. The highest BCUT2D eigenvalue weighted by Gasteiger charge is 2.16. The number of amides is 1. The lowest BCUT2D eigenvalue weighted by molar-refractivity contribution is 0.0930. The van der Waals surface area contributed by atoms with Crippen LogP contribution >= 0.6 is 0 Å². The summed E-state index contributed by atoms with van der Waals surface area (Å²) < 4.78 is 12.1. The Morgan fingerprint density at radius 1 is 1.08 bits per heavy atom. The molecule has 0 bridgehead atoms. The molecule has 128 valence electrons. The van der Waals surface area contributed by atoms with Gasteiger partial charge in [-0.2, -0.15) is 0 Å². The van der Waals surface area contributed by atoms with E-state index in [2.05, 4.69) is 5.32 Å². The van der Waals surface area contributed by atoms with E-state index in [1.54, 1.807) is 24.3 Å². The summed E-state index contributed by atoms with van der Waals surface area (Å²) in [5.41, 5.74) is 1.47. The molecular formula is C19H23NO3S. The van der Waals surface area contributed by atoms with Gasteiger partial charge in [-0.05, 0) is 36.2 Å². The normalized spacial score (nSPS) is 13.5. The molecule has 5 heteroatoms. The second kappa shape index (κ2) is 8.76. The van der Waals surface area contributed by atoms with Gasteiger partial charge in [-0.1, -0.05) is 44.2 Å². The molecule has 0 aliphatic rings. The maximum atomic E-state index is 12.4. The lowest BCUT2D eigenvalue weighted by atomic mass is 10.0. The highest BCUT2D eigenvalue weighted by atomic mass is 32.2. The predicted octanol–water partition coefficient (Wildman–Crippen LogP) is 3.06. The fourth-order valence-electron chi connectivity index (χ4n) is 2.39. The molecular weight excluding hydrogens is 322 g/mol. The number of hydrogen-bond acceptors (Lipinski definition) is 3. The van der Waals surface area contributed by atoms with Gasteiger partial charge in [0, 0.05) is 22.3 Å². The molecule has 0 aliphatic heterocycles. The maximum Gasteiger partial charge on any atom is 0.251 e. The molecule has 0 saturated carbocycles. The molecule has 24 heavy (non-hydrogen) atoms. The minimum absolute atomic E-state index is 0.00779. The van der Waals surface area contributed by atoms with Gasteiger partial charge in [-0.25, -0.2) is 0 Å². The summed E-state index contributed by atoms with van der Waals surface area (Å²) in [6, 6.07) is 16.2. The summed E-state index contributed by atoms with van der Waals surface area (Å²) in [6.07, 6.45) is 0.450. The molecule has 2 aromatic carbocycles. The van der Waals surface area contributed by atoms with E-state index in [4.69, 9.17) is 0 Å². The van der Waals surface area contributed by atoms with E-state index in [0.29, 0.717) is 12.0 Å². The zero-order valence-electron chi connectivity index (χ0n) is 13.9. The monoisotopic (exact) mass is 345 g/mol. The second-order valence-electron chi connectivity index (χ2n) is 5.82. The van der Waals surface area contributed by atoms with Gasteiger partial charge in [0.15, 0.2) is 0 Å². The van der Waals surface area contributed by atoms with Crippen LogP contribution < -0.4 is 5.32 Å². The molecule has 2 atom stereocenters. The lowest BCUT2D eigenvalue weighted by Gasteiger charge is -2.18. The third kappa shape index (κ3) is 4.76. The minimum Gasteiger partial charge on any atom is -0.396 e. The molecule has 0 fully saturated rings. The highest BCUT2D eigenvalue weighted by Crippen LogP contribution is 2.18. The first-order valence-electron chi connectivity index (χ1n) is 8.00. The van der Waals surface area contributed by atoms with Crippen molar-refractivity contribution < 1.29 is 14.1 Å². The van der Waals surface area contributed by atoms with Crippen molar-refractivity contribution in [1.29, 1.82) is 0 Å². The van der Waals surface area contributed by atoms with Crippen molar-refractivity contribution in [2.45, 2.75) is 36.5 Å². The van der Waals surface area contributed by atoms with Gasteiger partial charge >= 0.3 is 0 Å². The zero-order chi connectivity index (χ0) is 17.5. The summed E-state index contributed by atoms with van der Waals surface area (Å²) in [5.74, 6) is -0.209. The topological polar surface area (TPSA) is 66.4 Å². The Balaban J connectivity index is 2.11. The molecule has 2 unspecified atom stereocenters. The van der Waals surface area contributed by atoms with Crippen LogP contribution in [0.15, 0.2) is 59.5 Å². The first-order valence-corrected chi connectivity index (χ1v) is 9.21. The van der Waals surface area contributed by atoms with Gasteiger partial charge in [-0.3, -0.25) is 9.00 Å². The number of nitrogens with one attached hydrogen (secondary N) is 1. The largest absolute Gasteiger partial charge is 0.396 e. The number of aliphatic hydroxyl groups is 1. The van der Waals surface area contributed by atoms with Gasteiger partial charge in [0.1, 0.15) is 0 Å². The van der Waals surface area contributed by atoms with Crippen LogP contribution in [0, 0.1) is 0 Å². The van der Waals surface area contributed by atoms with Gasteiger partial charge in [0.2, 0.25) is 0 Å². The summed E-state index contributed by atoms with van der Waals surface area (Å²) in [5, 5.41) is 12.2. The Morgan fingerprint density at radius 2 is 1.71 bits per heavy atom. The molecule has 0 saturated heterocycles. The van der Waals surface area contributed by atoms with Crippen LogP contribution in [0.4, 0.5) is 0 Å². The quantitative estimate of drug-likeness (QED) is 0.810. The van der Waals surface area contributed by atoms with Crippen molar-refractivity contribution in [1.82, 2.24) is 5.32 Å². The molecule has 2 aromatic rings. The third-order valence-electron chi connectivity index (χ3n) is 3.70. The molecule has 0 spiro atoms. The molecule has 0 radical (unpaired) electrons. The molecule has 0 aromatic heterocycles. The smallest absolute Gasteiger partial charge is 0.251 e. The Morgan fingerprint density at radius 3 is 2.25 bits per heavy atom. The number of rotatable bonds is 7. The molecule has 1 amide bonds. The summed E-state index contributed by atoms with van der Waals surface area (Å²) in [6.45, 7) is 3.79. The van der Waals surface area contributed by atoms with Crippen molar-refractivity contribution in [2.24, 2.45) is 0 Å². The van der Waals surface area contributed by atoms with E-state index in [1.807, 2.05) is 44.2 Å². The van der Waals surface area contributed by atoms with Crippen molar-refractivity contribution in [3.8, 4) is 0 Å². The molecule has 0 aliphatic carbocycles. The third-order valence-corrected chi connectivity index (χ3v) is 5.30. The number of carbonyl (C=O) groups excluding carboxylic acids is 1. The van der Waals surface area contributed by atoms with Gasteiger partial charge in [0.25, 0.3) is 5.91 Å². The van der Waals surface area contributed by atoms with E-state index in [1.165, 1.54) is 0 Å². The van der Waals surface area contributed by atoms with Gasteiger partial charge in [0.05, 0.1) is 16.8 Å². The Kier molecular flexibility index (Phi) is 6.70. The average molecular weight is 345 g/mol. The fourth-order valence-corrected chi connectivity index (χ4v) is 3.34. The van der Waals surface area contributed by atoms with Crippen molar-refractivity contribution in [3.05, 3.63) is 65.7 Å². The molecule has 4 nitrogen and oxygen atoms in total. The van der Waals surface area contributed by atoms with E-state index in [9.17, 15) is 14.1 Å². The number of aliphatic hydroxyl groups excluding tert-OH is 1. The first-order chi connectivity index (χ1) is 11.5. The van der Waals surface area contributed by atoms with E-state index in [0.717, 1.165) is 10.5 Å². The van der Waals surface area contributed by atoms with E-state index < -0.39 is 10.8 Å². The Bertz CT molecular complexity index is 684. The van der Waals surface area contributed by atoms with Crippen LogP contribution in [0.5, 0.6) is 0 Å². The Labute approximate surface area is 145 Å².